The third-order valence-electron chi connectivity index (χ3n) is 5.44. The molecule has 4 rings (SSSR count). The molecule has 8 heteroatoms. The smallest absolute Gasteiger partial charge is 0.177 e. The van der Waals surface area contributed by atoms with E-state index in [4.69, 9.17) is 14.2 Å². The largest absolute Gasteiger partial charge is 0.494 e. The van der Waals surface area contributed by atoms with Crippen molar-refractivity contribution in [3.8, 4) is 22.8 Å². The number of aromatic nitrogens is 2. The van der Waals surface area contributed by atoms with Crippen LogP contribution in [0.25, 0.3) is 22.0 Å². The Labute approximate surface area is 173 Å². The topological polar surface area (TPSA) is 56.7 Å². The monoisotopic (exact) mass is 415 g/mol. The molecule has 0 saturated carbocycles. The third kappa shape index (κ3) is 3.41. The molecular formula is C22H23F2N3O3. The summed E-state index contributed by atoms with van der Waals surface area (Å²) >= 11 is 0. The van der Waals surface area contributed by atoms with Gasteiger partial charge in [-0.25, -0.2) is 13.8 Å². The van der Waals surface area contributed by atoms with Crippen molar-refractivity contribution < 1.29 is 23.0 Å². The Kier molecular flexibility index (Phi) is 5.42. The van der Waals surface area contributed by atoms with E-state index in [2.05, 4.69) is 14.9 Å². The van der Waals surface area contributed by atoms with E-state index in [-0.39, 0.29) is 28.9 Å². The molecule has 1 unspecified atom stereocenters. The van der Waals surface area contributed by atoms with E-state index in [1.807, 2.05) is 13.0 Å². The van der Waals surface area contributed by atoms with Gasteiger partial charge in [-0.1, -0.05) is 0 Å². The summed E-state index contributed by atoms with van der Waals surface area (Å²) in [6.07, 6.45) is 2.62. The van der Waals surface area contributed by atoms with Gasteiger partial charge in [0.05, 0.1) is 31.6 Å². The minimum absolute atomic E-state index is 0.0822. The Morgan fingerprint density at radius 3 is 2.33 bits per heavy atom. The molecule has 1 aliphatic heterocycles. The lowest BCUT2D eigenvalue weighted by molar-refractivity contribution is 0.121. The van der Waals surface area contributed by atoms with Crippen LogP contribution < -0.4 is 14.4 Å². The first-order chi connectivity index (χ1) is 14.5. The minimum atomic E-state index is -0.829. The first-order valence-electron chi connectivity index (χ1n) is 9.62. The second-order valence-corrected chi connectivity index (χ2v) is 7.25. The van der Waals surface area contributed by atoms with Gasteiger partial charge in [0.25, 0.3) is 0 Å². The first kappa shape index (κ1) is 20.3. The molecule has 0 N–H and O–H groups in total. The normalized spacial score (nSPS) is 16.3. The zero-order chi connectivity index (χ0) is 21.4. The van der Waals surface area contributed by atoms with Gasteiger partial charge in [0.2, 0.25) is 0 Å². The third-order valence-corrected chi connectivity index (χ3v) is 5.44. The fourth-order valence-electron chi connectivity index (χ4n) is 3.83. The maximum absolute atomic E-state index is 15.1. The maximum atomic E-state index is 15.1. The summed E-state index contributed by atoms with van der Waals surface area (Å²) < 4.78 is 45.9. The van der Waals surface area contributed by atoms with E-state index in [1.165, 1.54) is 20.3 Å². The highest BCUT2D eigenvalue weighted by Gasteiger charge is 2.27. The summed E-state index contributed by atoms with van der Waals surface area (Å²) in [7, 11) is 4.32. The number of methoxy groups -OCH3 is 3. The Morgan fingerprint density at radius 1 is 1.03 bits per heavy atom. The van der Waals surface area contributed by atoms with Crippen molar-refractivity contribution in [1.29, 1.82) is 0 Å². The average Bonchev–Trinajstić information content (AvgIpc) is 3.23. The number of aryl methyl sites for hydroxylation is 1. The lowest BCUT2D eigenvalue weighted by atomic mass is 10.0. The number of nitrogens with zero attached hydrogens (tertiary/aromatic N) is 3. The number of hydrogen-bond acceptors (Lipinski definition) is 6. The number of benzene rings is 1. The summed E-state index contributed by atoms with van der Waals surface area (Å²) in [5.41, 5.74) is 0.690. The van der Waals surface area contributed by atoms with E-state index >= 15 is 8.78 Å². The molecule has 3 heterocycles. The minimum Gasteiger partial charge on any atom is -0.494 e. The second-order valence-electron chi connectivity index (χ2n) is 7.25. The van der Waals surface area contributed by atoms with Crippen molar-refractivity contribution in [3.63, 3.8) is 0 Å². The molecule has 1 aromatic carbocycles. The van der Waals surface area contributed by atoms with Crippen LogP contribution in [0.1, 0.15) is 12.1 Å². The van der Waals surface area contributed by atoms with E-state index in [0.717, 1.165) is 29.4 Å². The molecule has 3 aromatic rings. The molecule has 0 radical (unpaired) electrons. The fourth-order valence-corrected chi connectivity index (χ4v) is 3.83. The highest BCUT2D eigenvalue weighted by Crippen LogP contribution is 2.39. The van der Waals surface area contributed by atoms with Crippen LogP contribution in [0.15, 0.2) is 24.4 Å². The lowest BCUT2D eigenvalue weighted by Gasteiger charge is -2.21. The molecule has 0 aliphatic carbocycles. The summed E-state index contributed by atoms with van der Waals surface area (Å²) in [4.78, 5) is 11.1. The molecule has 1 fully saturated rings. The Bertz CT molecular complexity index is 1080. The molecular weight excluding hydrogens is 392 g/mol. The van der Waals surface area contributed by atoms with E-state index < -0.39 is 11.6 Å². The van der Waals surface area contributed by atoms with Crippen molar-refractivity contribution >= 4 is 16.6 Å². The Morgan fingerprint density at radius 2 is 1.73 bits per heavy atom. The quantitative estimate of drug-likeness (QED) is 0.625. The number of ether oxygens (including phenoxy) is 3. The predicted octanol–water partition coefficient (Wildman–Crippen LogP) is 4.13. The van der Waals surface area contributed by atoms with Gasteiger partial charge in [-0.2, -0.15) is 0 Å². The lowest BCUT2D eigenvalue weighted by Crippen LogP contribution is -2.23. The Balaban J connectivity index is 1.97. The van der Waals surface area contributed by atoms with Gasteiger partial charge in [-0.15, -0.1) is 0 Å². The number of fused-ring (bicyclic) bond motifs is 1. The zero-order valence-electron chi connectivity index (χ0n) is 17.3. The maximum Gasteiger partial charge on any atom is 0.177 e. The molecule has 1 atom stereocenters. The van der Waals surface area contributed by atoms with Crippen LogP contribution in [0.4, 0.5) is 14.6 Å². The zero-order valence-corrected chi connectivity index (χ0v) is 17.3. The SMILES string of the molecule is COc1cc(OC)c(F)c(-c2cc3cnc(C)cc3c(N3CCC(OC)C3)n2)c1F. The van der Waals surface area contributed by atoms with E-state index in [0.29, 0.717) is 12.4 Å². The average molecular weight is 415 g/mol. The van der Waals surface area contributed by atoms with E-state index in [1.54, 1.807) is 19.4 Å². The molecule has 30 heavy (non-hydrogen) atoms. The number of halogens is 2. The van der Waals surface area contributed by atoms with Gasteiger partial charge in [-0.3, -0.25) is 4.98 Å². The number of pyridine rings is 2. The van der Waals surface area contributed by atoms with Gasteiger partial charge in [0, 0.05) is 48.9 Å². The van der Waals surface area contributed by atoms with Crippen LogP contribution >= 0.6 is 0 Å². The van der Waals surface area contributed by atoms with Crippen LogP contribution in [0, 0.1) is 18.6 Å². The van der Waals surface area contributed by atoms with Gasteiger partial charge < -0.3 is 19.1 Å². The molecule has 0 spiro atoms. The van der Waals surface area contributed by atoms with Crippen LogP contribution in [-0.2, 0) is 4.74 Å². The fraction of sp³-hybridized carbons (Fsp3) is 0.364. The van der Waals surface area contributed by atoms with Gasteiger partial charge in [-0.05, 0) is 25.5 Å². The summed E-state index contributed by atoms with van der Waals surface area (Å²) in [5.74, 6) is -1.24. The summed E-state index contributed by atoms with van der Waals surface area (Å²) in [6.45, 7) is 3.28. The van der Waals surface area contributed by atoms with Gasteiger partial charge >= 0.3 is 0 Å². The van der Waals surface area contributed by atoms with Crippen molar-refractivity contribution in [2.24, 2.45) is 0 Å². The van der Waals surface area contributed by atoms with Crippen LogP contribution in [-0.4, -0.2) is 50.5 Å². The summed E-state index contributed by atoms with van der Waals surface area (Å²) in [6, 6.07) is 4.75. The molecule has 0 amide bonds. The van der Waals surface area contributed by atoms with Crippen LogP contribution in [0.3, 0.4) is 0 Å². The predicted molar refractivity (Wildman–Crippen MR) is 110 cm³/mol. The van der Waals surface area contributed by atoms with Crippen LogP contribution in [0.2, 0.25) is 0 Å². The standard InChI is InChI=1S/C22H23F2N3O3/c1-12-7-15-13(10-25-12)8-16(26-22(15)27-6-5-14(11-27)28-2)19-20(23)17(29-3)9-18(30-4)21(19)24/h7-10,14H,5-6,11H2,1-4H3. The first-order valence-corrected chi connectivity index (χ1v) is 9.62. The Hall–Kier alpha value is -3.00. The molecule has 158 valence electrons. The molecule has 1 saturated heterocycles. The summed E-state index contributed by atoms with van der Waals surface area (Å²) in [5, 5.41) is 1.61. The van der Waals surface area contributed by atoms with Gasteiger partial charge in [0.15, 0.2) is 23.1 Å². The van der Waals surface area contributed by atoms with Gasteiger partial charge in [0.1, 0.15) is 5.82 Å². The van der Waals surface area contributed by atoms with E-state index in [9.17, 15) is 0 Å². The number of rotatable bonds is 5. The number of anilines is 1. The second kappa shape index (κ2) is 8.02. The molecule has 0 bridgehead atoms. The van der Waals surface area contributed by atoms with Crippen LogP contribution in [0.5, 0.6) is 11.5 Å². The number of hydrogen-bond donors (Lipinski definition) is 0. The van der Waals surface area contributed by atoms with Crippen molar-refractivity contribution in [1.82, 2.24) is 9.97 Å². The van der Waals surface area contributed by atoms with Crippen molar-refractivity contribution in [3.05, 3.63) is 41.7 Å². The van der Waals surface area contributed by atoms with Crippen molar-refractivity contribution in [2.75, 3.05) is 39.3 Å². The molecule has 6 nitrogen and oxygen atoms in total. The molecule has 2 aromatic heterocycles. The highest BCUT2D eigenvalue weighted by molar-refractivity contribution is 5.95. The highest BCUT2D eigenvalue weighted by atomic mass is 19.1. The molecule has 1 aliphatic rings. The van der Waals surface area contributed by atoms with Crippen molar-refractivity contribution in [2.45, 2.75) is 19.4 Å².